The first-order chi connectivity index (χ1) is 8.86. The fraction of sp³-hybridized carbons (Fsp3) is 0.875. The number of hydrogen-bond donors (Lipinski definition) is 0. The number of halogens is 1. The summed E-state index contributed by atoms with van der Waals surface area (Å²) in [6.07, 6.45) is 17.1. The van der Waals surface area contributed by atoms with Gasteiger partial charge in [-0.3, -0.25) is 0 Å². The molecule has 0 N–H and O–H groups in total. The number of nitrogens with zero attached hydrogens (tertiary/aromatic N) is 2. The number of rotatable bonds is 11. The molecule has 0 aliphatic carbocycles. The monoisotopic (exact) mass is 288 g/mol. The van der Waals surface area contributed by atoms with Crippen molar-refractivity contribution in [3.05, 3.63) is 12.4 Å². The molecule has 3 heteroatoms. The van der Waals surface area contributed by atoms with E-state index in [4.69, 9.17) is 0 Å². The second-order valence-corrected chi connectivity index (χ2v) is 5.54. The second kappa shape index (κ2) is 12.7. The lowest BCUT2D eigenvalue weighted by atomic mass is 10.1. The van der Waals surface area contributed by atoms with Gasteiger partial charge in [0.05, 0.1) is 6.67 Å². The largest absolute Gasteiger partial charge is 0.359 e. The summed E-state index contributed by atoms with van der Waals surface area (Å²) in [5, 5.41) is 0. The van der Waals surface area contributed by atoms with Gasteiger partial charge in [-0.1, -0.05) is 58.8 Å². The van der Waals surface area contributed by atoms with E-state index in [1.54, 1.807) is 0 Å². The van der Waals surface area contributed by atoms with Gasteiger partial charge in [0.25, 0.3) is 0 Å². The highest BCUT2D eigenvalue weighted by molar-refractivity contribution is 5.85. The molecule has 19 heavy (non-hydrogen) atoms. The van der Waals surface area contributed by atoms with E-state index in [2.05, 4.69) is 36.0 Å². The maximum absolute atomic E-state index is 2.45. The molecule has 0 spiro atoms. The summed E-state index contributed by atoms with van der Waals surface area (Å²) < 4.78 is 0. The first-order valence-electron chi connectivity index (χ1n) is 8.03. The molecule has 0 amide bonds. The van der Waals surface area contributed by atoms with Crippen LogP contribution >= 0.6 is 12.4 Å². The molecule has 0 bridgehead atoms. The molecule has 0 unspecified atom stereocenters. The summed E-state index contributed by atoms with van der Waals surface area (Å²) in [5.41, 5.74) is 0. The average molecular weight is 289 g/mol. The standard InChI is InChI=1S/C16H32N2.ClH/c1-3-5-6-7-8-9-10-11-13-18-15-14-17(16-18)12-4-2;/h14-15H,3-13,16H2,1-2H3;1H. The highest BCUT2D eigenvalue weighted by atomic mass is 35.5. The van der Waals surface area contributed by atoms with Crippen molar-refractivity contribution in [2.24, 2.45) is 0 Å². The van der Waals surface area contributed by atoms with Crippen LogP contribution in [0, 0.1) is 0 Å². The van der Waals surface area contributed by atoms with Gasteiger partial charge in [-0.2, -0.15) is 0 Å². The molecule has 0 aromatic rings. The maximum Gasteiger partial charge on any atom is 0.0893 e. The highest BCUT2D eigenvalue weighted by Gasteiger charge is 2.09. The summed E-state index contributed by atoms with van der Waals surface area (Å²) in [4.78, 5) is 4.86. The van der Waals surface area contributed by atoms with Crippen LogP contribution in [0.2, 0.25) is 0 Å². The van der Waals surface area contributed by atoms with E-state index in [-0.39, 0.29) is 12.4 Å². The Morgan fingerprint density at radius 1 is 0.684 bits per heavy atom. The van der Waals surface area contributed by atoms with Crippen molar-refractivity contribution in [1.29, 1.82) is 0 Å². The first kappa shape index (κ1) is 18.6. The molecule has 1 heterocycles. The van der Waals surface area contributed by atoms with Crippen molar-refractivity contribution < 1.29 is 0 Å². The highest BCUT2D eigenvalue weighted by Crippen LogP contribution is 2.11. The van der Waals surface area contributed by atoms with E-state index in [0.29, 0.717) is 0 Å². The van der Waals surface area contributed by atoms with Crippen molar-refractivity contribution in [3.8, 4) is 0 Å². The third-order valence-electron chi connectivity index (χ3n) is 3.66. The van der Waals surface area contributed by atoms with Crippen LogP contribution in [-0.4, -0.2) is 29.6 Å². The minimum atomic E-state index is 0. The fourth-order valence-corrected chi connectivity index (χ4v) is 2.54. The lowest BCUT2D eigenvalue weighted by Gasteiger charge is -2.20. The van der Waals surface area contributed by atoms with Crippen LogP contribution in [0.4, 0.5) is 0 Å². The summed E-state index contributed by atoms with van der Waals surface area (Å²) in [6, 6.07) is 0. The van der Waals surface area contributed by atoms with Crippen LogP contribution in [0.1, 0.15) is 71.6 Å². The van der Waals surface area contributed by atoms with Crippen molar-refractivity contribution in [1.82, 2.24) is 9.80 Å². The van der Waals surface area contributed by atoms with Crippen molar-refractivity contribution >= 4 is 12.4 Å². The molecule has 0 saturated heterocycles. The zero-order valence-electron chi connectivity index (χ0n) is 12.9. The van der Waals surface area contributed by atoms with Gasteiger partial charge in [-0.15, -0.1) is 12.4 Å². The molecule has 1 aliphatic rings. The van der Waals surface area contributed by atoms with Gasteiger partial charge < -0.3 is 9.80 Å². The molecular formula is C16H33ClN2. The molecule has 1 aliphatic heterocycles. The smallest absolute Gasteiger partial charge is 0.0893 e. The Labute approximate surface area is 126 Å². The van der Waals surface area contributed by atoms with Gasteiger partial charge in [-0.25, -0.2) is 0 Å². The topological polar surface area (TPSA) is 6.48 Å². The molecule has 1 rings (SSSR count). The lowest BCUT2D eigenvalue weighted by molar-refractivity contribution is 0.261. The van der Waals surface area contributed by atoms with Crippen molar-refractivity contribution in [2.45, 2.75) is 71.6 Å². The van der Waals surface area contributed by atoms with Crippen LogP contribution in [0.25, 0.3) is 0 Å². The first-order valence-corrected chi connectivity index (χ1v) is 8.03. The zero-order chi connectivity index (χ0) is 13.1. The predicted octanol–water partition coefficient (Wildman–Crippen LogP) is 5.01. The molecule has 0 saturated carbocycles. The van der Waals surface area contributed by atoms with Gasteiger partial charge in [0.2, 0.25) is 0 Å². The third-order valence-corrected chi connectivity index (χ3v) is 3.66. The van der Waals surface area contributed by atoms with Gasteiger partial charge in [0.1, 0.15) is 0 Å². The Hall–Kier alpha value is -0.370. The fourth-order valence-electron chi connectivity index (χ4n) is 2.54. The summed E-state index contributed by atoms with van der Waals surface area (Å²) in [6.45, 7) is 8.08. The minimum Gasteiger partial charge on any atom is -0.359 e. The average Bonchev–Trinajstić information content (AvgIpc) is 2.81. The van der Waals surface area contributed by atoms with Crippen molar-refractivity contribution in [3.63, 3.8) is 0 Å². The number of hydrogen-bond acceptors (Lipinski definition) is 2. The Morgan fingerprint density at radius 2 is 1.21 bits per heavy atom. The SMILES string of the molecule is CCCCCCCCCCN1C=CN(CCC)C1.Cl. The third kappa shape index (κ3) is 9.21. The zero-order valence-corrected chi connectivity index (χ0v) is 13.8. The molecule has 0 atom stereocenters. The van der Waals surface area contributed by atoms with E-state index < -0.39 is 0 Å². The minimum absolute atomic E-state index is 0. The summed E-state index contributed by atoms with van der Waals surface area (Å²) >= 11 is 0. The van der Waals surface area contributed by atoms with E-state index in [1.807, 2.05) is 0 Å². The Bertz CT molecular complexity index is 219. The van der Waals surface area contributed by atoms with Crippen LogP contribution in [0.5, 0.6) is 0 Å². The summed E-state index contributed by atoms with van der Waals surface area (Å²) in [7, 11) is 0. The molecule has 0 aromatic carbocycles. The van der Waals surface area contributed by atoms with Gasteiger partial charge in [0.15, 0.2) is 0 Å². The number of unbranched alkanes of at least 4 members (excludes halogenated alkanes) is 7. The van der Waals surface area contributed by atoms with E-state index >= 15 is 0 Å². The van der Waals surface area contributed by atoms with E-state index in [0.717, 1.165) is 6.67 Å². The lowest BCUT2D eigenvalue weighted by Crippen LogP contribution is -2.26. The quantitative estimate of drug-likeness (QED) is 0.493. The Balaban J connectivity index is 0.00000324. The maximum atomic E-state index is 2.45. The van der Waals surface area contributed by atoms with E-state index in [1.165, 1.54) is 70.9 Å². The summed E-state index contributed by atoms with van der Waals surface area (Å²) in [5.74, 6) is 0. The van der Waals surface area contributed by atoms with Crippen LogP contribution in [0.3, 0.4) is 0 Å². The Kier molecular flexibility index (Phi) is 12.4. The van der Waals surface area contributed by atoms with E-state index in [9.17, 15) is 0 Å². The molecular weight excluding hydrogens is 256 g/mol. The van der Waals surface area contributed by atoms with Crippen LogP contribution in [-0.2, 0) is 0 Å². The van der Waals surface area contributed by atoms with Gasteiger partial charge in [-0.05, 0) is 12.8 Å². The second-order valence-electron chi connectivity index (χ2n) is 5.54. The van der Waals surface area contributed by atoms with Gasteiger partial charge in [0, 0.05) is 25.5 Å². The molecule has 0 fully saturated rings. The van der Waals surface area contributed by atoms with Crippen LogP contribution in [0.15, 0.2) is 12.4 Å². The Morgan fingerprint density at radius 3 is 1.79 bits per heavy atom. The van der Waals surface area contributed by atoms with Crippen LogP contribution < -0.4 is 0 Å². The normalized spacial score (nSPS) is 14.0. The molecule has 114 valence electrons. The molecule has 0 aromatic heterocycles. The molecule has 0 radical (unpaired) electrons. The van der Waals surface area contributed by atoms with Crippen molar-refractivity contribution in [2.75, 3.05) is 19.8 Å². The predicted molar refractivity (Wildman–Crippen MR) is 87.6 cm³/mol. The van der Waals surface area contributed by atoms with Gasteiger partial charge >= 0.3 is 0 Å². The molecule has 2 nitrogen and oxygen atoms in total.